The van der Waals surface area contributed by atoms with E-state index in [4.69, 9.17) is 36.0 Å². The van der Waals surface area contributed by atoms with Crippen LogP contribution in [-0.2, 0) is 0 Å². The number of nitrogens with zero attached hydrogens (tertiary/aromatic N) is 1. The van der Waals surface area contributed by atoms with Crippen LogP contribution in [0.4, 0.5) is 5.69 Å². The number of para-hydroxylation sites is 1. The van der Waals surface area contributed by atoms with Crippen molar-refractivity contribution in [2.75, 3.05) is 5.32 Å². The molecule has 7 heteroatoms. The van der Waals surface area contributed by atoms with Gasteiger partial charge in [-0.15, -0.1) is 0 Å². The van der Waals surface area contributed by atoms with Crippen LogP contribution >= 0.6 is 47.4 Å². The lowest BCUT2D eigenvalue weighted by Crippen LogP contribution is -2.09. The minimum absolute atomic E-state index is 0.0238. The highest BCUT2D eigenvalue weighted by Crippen LogP contribution is 2.31. The van der Waals surface area contributed by atoms with Gasteiger partial charge in [0.15, 0.2) is 3.95 Å². The van der Waals surface area contributed by atoms with Gasteiger partial charge in [-0.2, -0.15) is 0 Å². The minimum Gasteiger partial charge on any atom is -0.493 e. The molecule has 0 aliphatic heterocycles. The molecule has 2 N–H and O–H groups in total. The first-order chi connectivity index (χ1) is 11.1. The average Bonchev–Trinajstić information content (AvgIpc) is 2.84. The van der Waals surface area contributed by atoms with Crippen LogP contribution in [-0.4, -0.2) is 14.7 Å². The van der Waals surface area contributed by atoms with Gasteiger partial charge in [-0.05, 0) is 48.6 Å². The standard InChI is InChI=1S/C16H11ClN2OS3/c17-10-6-8-12(9-7-10)19-15(20)13(23-16(19)22)14(21)18-11-4-2-1-3-5-11/h1-9,20H,(H,18,21). The van der Waals surface area contributed by atoms with Crippen molar-refractivity contribution in [1.82, 2.24) is 4.57 Å². The van der Waals surface area contributed by atoms with Gasteiger partial charge in [-0.25, -0.2) is 0 Å². The quantitative estimate of drug-likeness (QED) is 0.597. The van der Waals surface area contributed by atoms with Crippen LogP contribution < -0.4 is 5.32 Å². The largest absolute Gasteiger partial charge is 0.493 e. The molecule has 3 rings (SSSR count). The van der Waals surface area contributed by atoms with Crippen LogP contribution in [0, 0.1) is 3.95 Å². The molecule has 3 aromatic rings. The number of halogens is 1. The first-order valence-corrected chi connectivity index (χ1v) is 8.64. The van der Waals surface area contributed by atoms with E-state index in [-0.39, 0.29) is 5.88 Å². The minimum atomic E-state index is 0.0238. The molecular formula is C16H11ClN2OS3. The molecule has 3 nitrogen and oxygen atoms in total. The lowest BCUT2D eigenvalue weighted by Gasteiger charge is -2.08. The molecule has 1 aromatic heterocycles. The Balaban J connectivity index is 1.96. The Hall–Kier alpha value is -1.73. The first-order valence-electron chi connectivity index (χ1n) is 6.63. The van der Waals surface area contributed by atoms with Crippen LogP contribution in [0.2, 0.25) is 5.02 Å². The molecule has 0 amide bonds. The summed E-state index contributed by atoms with van der Waals surface area (Å²) < 4.78 is 2.09. The fourth-order valence-electron chi connectivity index (χ4n) is 2.04. The molecule has 0 aliphatic rings. The molecule has 0 atom stereocenters. The monoisotopic (exact) mass is 378 g/mol. The molecule has 2 aromatic carbocycles. The zero-order valence-corrected chi connectivity index (χ0v) is 14.9. The second kappa shape index (κ2) is 6.80. The molecule has 0 fully saturated rings. The maximum absolute atomic E-state index is 10.5. The van der Waals surface area contributed by atoms with E-state index in [2.05, 4.69) is 5.32 Å². The molecule has 23 heavy (non-hydrogen) atoms. The number of aromatic hydroxyl groups is 1. The summed E-state index contributed by atoms with van der Waals surface area (Å²) in [7, 11) is 0. The summed E-state index contributed by atoms with van der Waals surface area (Å²) in [6, 6.07) is 16.6. The van der Waals surface area contributed by atoms with Gasteiger partial charge in [-0.3, -0.25) is 4.57 Å². The summed E-state index contributed by atoms with van der Waals surface area (Å²) in [5.41, 5.74) is 1.59. The predicted octanol–water partition coefficient (Wildman–Crippen LogP) is 5.41. The lowest BCUT2D eigenvalue weighted by atomic mass is 10.3. The number of rotatable bonds is 3. The maximum Gasteiger partial charge on any atom is 0.218 e. The maximum atomic E-state index is 10.5. The second-order valence-corrected chi connectivity index (χ2v) is 7.14. The number of hydrogen-bond donors (Lipinski definition) is 2. The fraction of sp³-hybridized carbons (Fsp3) is 0. The lowest BCUT2D eigenvalue weighted by molar-refractivity contribution is 0.441. The Morgan fingerprint density at radius 2 is 1.74 bits per heavy atom. The van der Waals surface area contributed by atoms with Crippen molar-refractivity contribution >= 4 is 58.0 Å². The van der Waals surface area contributed by atoms with Crippen molar-refractivity contribution in [3.05, 3.63) is 68.5 Å². The molecule has 116 valence electrons. The summed E-state index contributed by atoms with van der Waals surface area (Å²) in [6.45, 7) is 0. The van der Waals surface area contributed by atoms with Gasteiger partial charge >= 0.3 is 0 Å². The van der Waals surface area contributed by atoms with Gasteiger partial charge < -0.3 is 10.4 Å². The highest BCUT2D eigenvalue weighted by atomic mass is 35.5. The summed E-state index contributed by atoms with van der Waals surface area (Å²) in [5, 5.41) is 14.3. The molecular weight excluding hydrogens is 368 g/mol. The van der Waals surface area contributed by atoms with Crippen molar-refractivity contribution < 1.29 is 5.11 Å². The summed E-state index contributed by atoms with van der Waals surface area (Å²) in [4.78, 5) is 0.960. The normalized spacial score (nSPS) is 10.5. The third-order valence-electron chi connectivity index (χ3n) is 3.11. The van der Waals surface area contributed by atoms with Crippen LogP contribution in [0.15, 0.2) is 54.6 Å². The van der Waals surface area contributed by atoms with Crippen LogP contribution in [0.3, 0.4) is 0 Å². The van der Waals surface area contributed by atoms with E-state index in [9.17, 15) is 5.11 Å². The van der Waals surface area contributed by atoms with Gasteiger partial charge in [0.05, 0.1) is 5.69 Å². The Morgan fingerprint density at radius 3 is 2.39 bits per heavy atom. The van der Waals surface area contributed by atoms with Gasteiger partial charge in [-0.1, -0.05) is 53.4 Å². The van der Waals surface area contributed by atoms with E-state index in [0.29, 0.717) is 18.8 Å². The Kier molecular flexibility index (Phi) is 4.77. The van der Waals surface area contributed by atoms with Crippen molar-refractivity contribution in [2.24, 2.45) is 0 Å². The van der Waals surface area contributed by atoms with Crippen molar-refractivity contribution in [3.8, 4) is 11.6 Å². The number of thiazole rings is 1. The number of hydrogen-bond acceptors (Lipinski definition) is 4. The van der Waals surface area contributed by atoms with Crippen LogP contribution in [0.25, 0.3) is 5.69 Å². The van der Waals surface area contributed by atoms with Gasteiger partial charge in [0, 0.05) is 10.7 Å². The summed E-state index contributed by atoms with van der Waals surface area (Å²) >= 11 is 17.9. The highest BCUT2D eigenvalue weighted by Gasteiger charge is 2.17. The van der Waals surface area contributed by atoms with E-state index >= 15 is 0 Å². The van der Waals surface area contributed by atoms with Crippen molar-refractivity contribution in [2.45, 2.75) is 0 Å². The van der Waals surface area contributed by atoms with E-state index in [1.807, 2.05) is 30.3 Å². The molecule has 0 saturated carbocycles. The number of aromatic nitrogens is 1. The van der Waals surface area contributed by atoms with Gasteiger partial charge in [0.25, 0.3) is 0 Å². The van der Waals surface area contributed by atoms with Gasteiger partial charge in [0.2, 0.25) is 5.88 Å². The third-order valence-corrected chi connectivity index (χ3v) is 5.18. The zero-order chi connectivity index (χ0) is 16.4. The topological polar surface area (TPSA) is 37.2 Å². The number of benzene rings is 2. The predicted molar refractivity (Wildman–Crippen MR) is 103 cm³/mol. The Labute approximate surface area is 152 Å². The Bertz CT molecular complexity index is 901. The summed E-state index contributed by atoms with van der Waals surface area (Å²) in [6.07, 6.45) is 0. The molecule has 0 spiro atoms. The Morgan fingerprint density at radius 1 is 1.09 bits per heavy atom. The fourth-order valence-corrected chi connectivity index (χ4v) is 3.73. The molecule has 0 radical (unpaired) electrons. The van der Waals surface area contributed by atoms with Crippen molar-refractivity contribution in [3.63, 3.8) is 0 Å². The first kappa shape index (κ1) is 16.1. The van der Waals surface area contributed by atoms with E-state index in [1.165, 1.54) is 11.3 Å². The molecule has 0 bridgehead atoms. The second-order valence-electron chi connectivity index (χ2n) is 4.65. The third kappa shape index (κ3) is 3.45. The average molecular weight is 379 g/mol. The van der Waals surface area contributed by atoms with Gasteiger partial charge in [0.1, 0.15) is 9.87 Å². The van der Waals surface area contributed by atoms with E-state index in [0.717, 1.165) is 11.4 Å². The molecule has 1 heterocycles. The van der Waals surface area contributed by atoms with Crippen molar-refractivity contribution in [1.29, 1.82) is 0 Å². The van der Waals surface area contributed by atoms with Crippen LogP contribution in [0.5, 0.6) is 5.88 Å². The number of thiocarbonyl (C=S) groups is 1. The van der Waals surface area contributed by atoms with E-state index in [1.54, 1.807) is 28.8 Å². The SMILES string of the molecule is Oc1c(C(=S)Nc2ccccc2)sc(=S)n1-c1ccc(Cl)cc1. The highest BCUT2D eigenvalue weighted by molar-refractivity contribution is 7.81. The molecule has 0 aliphatic carbocycles. The van der Waals surface area contributed by atoms with Crippen LogP contribution in [0.1, 0.15) is 4.88 Å². The molecule has 0 saturated heterocycles. The summed E-state index contributed by atoms with van der Waals surface area (Å²) in [5.74, 6) is 0.0238. The number of anilines is 1. The van der Waals surface area contributed by atoms with E-state index < -0.39 is 0 Å². The smallest absolute Gasteiger partial charge is 0.218 e. The molecule has 0 unspecified atom stereocenters. The number of nitrogens with one attached hydrogen (secondary N) is 1. The zero-order valence-electron chi connectivity index (χ0n) is 11.7.